The fraction of sp³-hybridized carbons (Fsp3) is 0.529. The van der Waals surface area contributed by atoms with E-state index in [4.69, 9.17) is 4.74 Å². The summed E-state index contributed by atoms with van der Waals surface area (Å²) >= 11 is 0. The lowest BCUT2D eigenvalue weighted by Crippen LogP contribution is -2.42. The lowest BCUT2D eigenvalue weighted by atomic mass is 10.0. The Morgan fingerprint density at radius 3 is 2.91 bits per heavy atom. The van der Waals surface area contributed by atoms with E-state index in [0.29, 0.717) is 38.2 Å². The molecular weight excluding hydrogens is 307 g/mol. The van der Waals surface area contributed by atoms with E-state index in [9.17, 15) is 18.3 Å². The molecule has 0 spiro atoms. The highest BCUT2D eigenvalue weighted by molar-refractivity contribution is 5.27. The average Bonchev–Trinajstić information content (AvgIpc) is 2.52. The summed E-state index contributed by atoms with van der Waals surface area (Å²) in [6.07, 6.45) is -2.09. The average molecular weight is 329 g/mol. The number of hydrogen-bond acceptors (Lipinski definition) is 3. The number of aliphatic hydroxyl groups excluding tert-OH is 1. The number of ether oxygens (including phenoxy) is 1. The predicted octanol–water partition coefficient (Wildman–Crippen LogP) is 3.41. The van der Waals surface area contributed by atoms with E-state index in [1.54, 1.807) is 12.1 Å². The maximum Gasteiger partial charge on any atom is 0.416 e. The molecule has 0 aromatic heterocycles. The third-order valence-corrected chi connectivity index (χ3v) is 3.91. The van der Waals surface area contributed by atoms with Crippen LogP contribution in [0.1, 0.15) is 30.1 Å². The number of halogens is 3. The SMILES string of the molecule is C=CCCC(O)CN1CCOC(c2cccc(C(F)(F)F)c2)C1. The van der Waals surface area contributed by atoms with Gasteiger partial charge in [0.15, 0.2) is 0 Å². The zero-order valence-electron chi connectivity index (χ0n) is 12.9. The van der Waals surface area contributed by atoms with Crippen molar-refractivity contribution >= 4 is 0 Å². The van der Waals surface area contributed by atoms with E-state index in [2.05, 4.69) is 6.58 Å². The monoisotopic (exact) mass is 329 g/mol. The van der Waals surface area contributed by atoms with E-state index in [1.807, 2.05) is 4.90 Å². The molecule has 2 atom stereocenters. The van der Waals surface area contributed by atoms with Crippen LogP contribution in [-0.2, 0) is 10.9 Å². The molecule has 6 heteroatoms. The molecular formula is C17H22F3NO2. The summed E-state index contributed by atoms with van der Waals surface area (Å²) in [4.78, 5) is 2.03. The molecule has 0 aliphatic carbocycles. The van der Waals surface area contributed by atoms with Gasteiger partial charge in [0.05, 0.1) is 24.4 Å². The first-order chi connectivity index (χ1) is 10.9. The van der Waals surface area contributed by atoms with E-state index in [-0.39, 0.29) is 0 Å². The van der Waals surface area contributed by atoms with E-state index >= 15 is 0 Å². The first-order valence-electron chi connectivity index (χ1n) is 7.70. The highest BCUT2D eigenvalue weighted by atomic mass is 19.4. The van der Waals surface area contributed by atoms with Crippen molar-refractivity contribution < 1.29 is 23.0 Å². The topological polar surface area (TPSA) is 32.7 Å². The second-order valence-corrected chi connectivity index (χ2v) is 5.76. The Bertz CT molecular complexity index is 519. The Morgan fingerprint density at radius 1 is 1.43 bits per heavy atom. The Labute approximate surface area is 134 Å². The first-order valence-corrected chi connectivity index (χ1v) is 7.70. The number of benzene rings is 1. The van der Waals surface area contributed by atoms with Crippen molar-refractivity contribution in [3.05, 3.63) is 48.0 Å². The first kappa shape index (κ1) is 18.0. The van der Waals surface area contributed by atoms with Gasteiger partial charge in [-0.1, -0.05) is 18.2 Å². The third-order valence-electron chi connectivity index (χ3n) is 3.91. The van der Waals surface area contributed by atoms with Gasteiger partial charge in [-0.2, -0.15) is 13.2 Å². The van der Waals surface area contributed by atoms with Crippen molar-refractivity contribution in [2.45, 2.75) is 31.2 Å². The van der Waals surface area contributed by atoms with Gasteiger partial charge in [0.1, 0.15) is 0 Å². The largest absolute Gasteiger partial charge is 0.416 e. The number of aliphatic hydroxyl groups is 1. The predicted molar refractivity (Wildman–Crippen MR) is 82.0 cm³/mol. The quantitative estimate of drug-likeness (QED) is 0.812. The highest BCUT2D eigenvalue weighted by Gasteiger charge is 2.32. The van der Waals surface area contributed by atoms with Crippen molar-refractivity contribution in [1.82, 2.24) is 4.90 Å². The summed E-state index contributed by atoms with van der Waals surface area (Å²) in [5.41, 5.74) is -0.146. The minimum Gasteiger partial charge on any atom is -0.392 e. The van der Waals surface area contributed by atoms with Crippen molar-refractivity contribution in [2.24, 2.45) is 0 Å². The Kier molecular flexibility index (Phi) is 6.21. The molecule has 3 nitrogen and oxygen atoms in total. The van der Waals surface area contributed by atoms with Gasteiger partial charge in [0.25, 0.3) is 0 Å². The van der Waals surface area contributed by atoms with Crippen LogP contribution in [0.15, 0.2) is 36.9 Å². The summed E-state index contributed by atoms with van der Waals surface area (Å²) in [6.45, 7) is 5.70. The van der Waals surface area contributed by atoms with Gasteiger partial charge < -0.3 is 9.84 Å². The molecule has 1 aromatic rings. The normalized spacial score (nSPS) is 21.1. The molecule has 2 unspecified atom stereocenters. The van der Waals surface area contributed by atoms with Gasteiger partial charge in [-0.15, -0.1) is 6.58 Å². The van der Waals surface area contributed by atoms with Crippen LogP contribution in [0, 0.1) is 0 Å². The van der Waals surface area contributed by atoms with Crippen molar-refractivity contribution in [2.75, 3.05) is 26.2 Å². The van der Waals surface area contributed by atoms with Crippen LogP contribution < -0.4 is 0 Å². The lowest BCUT2D eigenvalue weighted by molar-refractivity contribution is -0.137. The van der Waals surface area contributed by atoms with Gasteiger partial charge >= 0.3 is 6.18 Å². The van der Waals surface area contributed by atoms with Crippen LogP contribution in [-0.4, -0.2) is 42.4 Å². The summed E-state index contributed by atoms with van der Waals surface area (Å²) in [6, 6.07) is 5.25. The number of nitrogens with zero attached hydrogens (tertiary/aromatic N) is 1. The van der Waals surface area contributed by atoms with Crippen LogP contribution in [0.3, 0.4) is 0 Å². The zero-order chi connectivity index (χ0) is 16.9. The molecule has 1 aliphatic heterocycles. The van der Waals surface area contributed by atoms with E-state index in [1.165, 1.54) is 6.07 Å². The van der Waals surface area contributed by atoms with Crippen molar-refractivity contribution in [3.63, 3.8) is 0 Å². The van der Waals surface area contributed by atoms with Gasteiger partial charge in [-0.05, 0) is 30.5 Å². The number of morpholine rings is 1. The summed E-state index contributed by atoms with van der Waals surface area (Å²) in [5, 5.41) is 9.96. The van der Waals surface area contributed by atoms with E-state index < -0.39 is 23.9 Å². The van der Waals surface area contributed by atoms with Crippen LogP contribution in [0.2, 0.25) is 0 Å². The molecule has 0 radical (unpaired) electrons. The Hall–Kier alpha value is -1.37. The lowest BCUT2D eigenvalue weighted by Gasteiger charge is -2.34. The van der Waals surface area contributed by atoms with Crippen LogP contribution in [0.25, 0.3) is 0 Å². The van der Waals surface area contributed by atoms with Gasteiger partial charge in [0.2, 0.25) is 0 Å². The standard InChI is InChI=1S/C17H22F3NO2/c1-2-3-7-15(22)11-21-8-9-23-16(12-21)13-5-4-6-14(10-13)17(18,19)20/h2,4-6,10,15-16,22H,1,3,7-9,11-12H2. The fourth-order valence-corrected chi connectivity index (χ4v) is 2.68. The van der Waals surface area contributed by atoms with E-state index in [0.717, 1.165) is 18.6 Å². The summed E-state index contributed by atoms with van der Waals surface area (Å²) < 4.78 is 44.0. The molecule has 1 aliphatic rings. The minimum absolute atomic E-state index is 0.405. The van der Waals surface area contributed by atoms with Gasteiger partial charge in [0, 0.05) is 19.6 Å². The molecule has 2 rings (SSSR count). The number of β-amino-alcohol motifs (C(OH)–C–C–N with tert-alkyl or cyclic N) is 1. The van der Waals surface area contributed by atoms with Gasteiger partial charge in [-0.25, -0.2) is 0 Å². The maximum absolute atomic E-state index is 12.8. The molecule has 1 N–H and O–H groups in total. The summed E-state index contributed by atoms with van der Waals surface area (Å²) in [7, 11) is 0. The number of allylic oxidation sites excluding steroid dienone is 1. The molecule has 0 bridgehead atoms. The Balaban J connectivity index is 1.99. The number of alkyl halides is 3. The molecule has 0 amide bonds. The second kappa shape index (κ2) is 7.95. The number of hydrogen-bond donors (Lipinski definition) is 1. The van der Waals surface area contributed by atoms with Crippen LogP contribution in [0.5, 0.6) is 0 Å². The van der Waals surface area contributed by atoms with Gasteiger partial charge in [-0.3, -0.25) is 4.90 Å². The van der Waals surface area contributed by atoms with Crippen LogP contribution >= 0.6 is 0 Å². The third kappa shape index (κ3) is 5.34. The summed E-state index contributed by atoms with van der Waals surface area (Å²) in [5.74, 6) is 0. The molecule has 1 aromatic carbocycles. The Morgan fingerprint density at radius 2 is 2.22 bits per heavy atom. The minimum atomic E-state index is -4.36. The molecule has 23 heavy (non-hydrogen) atoms. The number of rotatable bonds is 6. The van der Waals surface area contributed by atoms with Crippen molar-refractivity contribution in [1.29, 1.82) is 0 Å². The second-order valence-electron chi connectivity index (χ2n) is 5.76. The smallest absolute Gasteiger partial charge is 0.392 e. The maximum atomic E-state index is 12.8. The van der Waals surface area contributed by atoms with Crippen molar-refractivity contribution in [3.8, 4) is 0 Å². The molecule has 0 saturated carbocycles. The van der Waals surface area contributed by atoms with Crippen LogP contribution in [0.4, 0.5) is 13.2 Å². The fourth-order valence-electron chi connectivity index (χ4n) is 2.68. The molecule has 128 valence electrons. The highest BCUT2D eigenvalue weighted by Crippen LogP contribution is 2.32. The molecule has 1 fully saturated rings. The molecule has 1 saturated heterocycles. The zero-order valence-corrected chi connectivity index (χ0v) is 12.9. The molecule has 1 heterocycles.